The fourth-order valence-corrected chi connectivity index (χ4v) is 1.98. The van der Waals surface area contributed by atoms with Gasteiger partial charge in [-0.15, -0.1) is 0 Å². The first kappa shape index (κ1) is 11.5. The molecule has 0 saturated carbocycles. The van der Waals surface area contributed by atoms with Gasteiger partial charge in [0.15, 0.2) is 5.82 Å². The summed E-state index contributed by atoms with van der Waals surface area (Å²) in [4.78, 5) is 6.61. The maximum atomic E-state index is 5.64. The molecule has 0 spiro atoms. The molecule has 1 saturated heterocycles. The molecule has 0 N–H and O–H groups in total. The summed E-state index contributed by atoms with van der Waals surface area (Å²) in [7, 11) is 0. The fraction of sp³-hybridized carbons (Fsp3) is 0.818. The Kier molecular flexibility index (Phi) is 3.56. The van der Waals surface area contributed by atoms with Gasteiger partial charge < -0.3 is 9.26 Å². The number of ether oxygens (including phenoxy) is 1. The molecule has 0 bridgehead atoms. The van der Waals surface area contributed by atoms with Crippen molar-refractivity contribution in [2.24, 2.45) is 0 Å². The molecule has 1 aromatic heterocycles. The second kappa shape index (κ2) is 4.93. The Hall–Kier alpha value is -0.940. The third-order valence-corrected chi connectivity index (χ3v) is 3.07. The van der Waals surface area contributed by atoms with Crippen LogP contribution in [0.5, 0.6) is 0 Å². The fourth-order valence-electron chi connectivity index (χ4n) is 1.98. The zero-order valence-electron chi connectivity index (χ0n) is 10.1. The van der Waals surface area contributed by atoms with Gasteiger partial charge in [0.1, 0.15) is 0 Å². The molecule has 16 heavy (non-hydrogen) atoms. The summed E-state index contributed by atoms with van der Waals surface area (Å²) in [5, 5.41) is 3.83. The molecule has 0 amide bonds. The van der Waals surface area contributed by atoms with Crippen LogP contribution in [0.1, 0.15) is 38.0 Å². The summed E-state index contributed by atoms with van der Waals surface area (Å²) in [6.07, 6.45) is 1.38. The van der Waals surface area contributed by atoms with E-state index in [9.17, 15) is 0 Å². The van der Waals surface area contributed by atoms with Crippen molar-refractivity contribution in [1.82, 2.24) is 15.0 Å². The van der Waals surface area contributed by atoms with E-state index in [2.05, 4.69) is 28.9 Å². The van der Waals surface area contributed by atoms with E-state index in [-0.39, 0.29) is 6.04 Å². The van der Waals surface area contributed by atoms with Gasteiger partial charge in [-0.1, -0.05) is 12.1 Å². The van der Waals surface area contributed by atoms with Crippen molar-refractivity contribution >= 4 is 0 Å². The van der Waals surface area contributed by atoms with Gasteiger partial charge in [0.25, 0.3) is 0 Å². The molecule has 2 rings (SSSR count). The van der Waals surface area contributed by atoms with Crippen LogP contribution in [0.15, 0.2) is 4.52 Å². The number of morpholine rings is 1. The van der Waals surface area contributed by atoms with Gasteiger partial charge in [-0.3, -0.25) is 4.90 Å². The van der Waals surface area contributed by atoms with E-state index in [1.54, 1.807) is 0 Å². The normalized spacial score (nSPS) is 24.6. The van der Waals surface area contributed by atoms with E-state index < -0.39 is 0 Å². The third-order valence-electron chi connectivity index (χ3n) is 3.07. The second-order valence-electron chi connectivity index (χ2n) is 4.25. The minimum atomic E-state index is 0.180. The summed E-state index contributed by atoms with van der Waals surface area (Å²) in [6, 6.07) is 0.180. The minimum Gasteiger partial charge on any atom is -0.376 e. The zero-order chi connectivity index (χ0) is 11.5. The first-order valence-electron chi connectivity index (χ1n) is 5.86. The van der Waals surface area contributed by atoms with E-state index in [1.165, 1.54) is 0 Å². The van der Waals surface area contributed by atoms with Crippen molar-refractivity contribution < 1.29 is 9.26 Å². The highest BCUT2D eigenvalue weighted by Gasteiger charge is 2.26. The lowest BCUT2D eigenvalue weighted by molar-refractivity contribution is -0.0462. The summed E-state index contributed by atoms with van der Waals surface area (Å²) >= 11 is 0. The van der Waals surface area contributed by atoms with Crippen LogP contribution in [-0.4, -0.2) is 40.8 Å². The van der Waals surface area contributed by atoms with Crippen LogP contribution in [0.25, 0.3) is 0 Å². The van der Waals surface area contributed by atoms with Gasteiger partial charge in [0, 0.05) is 13.1 Å². The first-order chi connectivity index (χ1) is 7.70. The number of rotatable bonds is 3. The van der Waals surface area contributed by atoms with E-state index in [0.717, 1.165) is 26.1 Å². The molecule has 1 aliphatic rings. The van der Waals surface area contributed by atoms with Crippen LogP contribution in [0, 0.1) is 6.92 Å². The smallest absolute Gasteiger partial charge is 0.243 e. The number of nitrogens with zero attached hydrogens (tertiary/aromatic N) is 3. The van der Waals surface area contributed by atoms with Gasteiger partial charge in [0.05, 0.1) is 18.8 Å². The summed E-state index contributed by atoms with van der Waals surface area (Å²) < 4.78 is 10.8. The number of aryl methyl sites for hydroxylation is 1. The highest BCUT2D eigenvalue weighted by molar-refractivity contribution is 4.91. The Morgan fingerprint density at radius 3 is 3.00 bits per heavy atom. The molecule has 0 aromatic carbocycles. The van der Waals surface area contributed by atoms with Crippen molar-refractivity contribution in [2.45, 2.75) is 39.3 Å². The molecule has 5 nitrogen and oxygen atoms in total. The molecule has 2 unspecified atom stereocenters. The monoisotopic (exact) mass is 225 g/mol. The predicted octanol–water partition coefficient (Wildman–Crippen LogP) is 1.55. The zero-order valence-corrected chi connectivity index (χ0v) is 10.1. The molecule has 2 heterocycles. The Morgan fingerprint density at radius 2 is 2.38 bits per heavy atom. The minimum absolute atomic E-state index is 0.180. The standard InChI is InChI=1S/C11H19N3O2/c1-4-10-7-14(5-6-15-10)8(2)11-12-9(3)13-16-11/h8,10H,4-7H2,1-3H3. The predicted molar refractivity (Wildman–Crippen MR) is 59.1 cm³/mol. The van der Waals surface area contributed by atoms with Gasteiger partial charge >= 0.3 is 0 Å². The van der Waals surface area contributed by atoms with Crippen molar-refractivity contribution in [1.29, 1.82) is 0 Å². The van der Waals surface area contributed by atoms with Crippen molar-refractivity contribution in [3.05, 3.63) is 11.7 Å². The van der Waals surface area contributed by atoms with E-state index in [0.29, 0.717) is 17.8 Å². The Balaban J connectivity index is 2.01. The van der Waals surface area contributed by atoms with Gasteiger partial charge in [-0.25, -0.2) is 0 Å². The topological polar surface area (TPSA) is 51.4 Å². The van der Waals surface area contributed by atoms with Gasteiger partial charge in [0.2, 0.25) is 5.89 Å². The highest BCUT2D eigenvalue weighted by Crippen LogP contribution is 2.21. The average molecular weight is 225 g/mol. The molecule has 2 atom stereocenters. The molecule has 1 fully saturated rings. The van der Waals surface area contributed by atoms with Crippen LogP contribution in [0.4, 0.5) is 0 Å². The van der Waals surface area contributed by atoms with Crippen molar-refractivity contribution in [2.75, 3.05) is 19.7 Å². The average Bonchev–Trinajstić information content (AvgIpc) is 2.75. The van der Waals surface area contributed by atoms with Crippen molar-refractivity contribution in [3.63, 3.8) is 0 Å². The SMILES string of the molecule is CCC1CN(C(C)c2nc(C)no2)CCO1. The molecule has 0 radical (unpaired) electrons. The molecule has 1 aliphatic heterocycles. The maximum absolute atomic E-state index is 5.64. The maximum Gasteiger partial charge on any atom is 0.243 e. The van der Waals surface area contributed by atoms with Crippen molar-refractivity contribution in [3.8, 4) is 0 Å². The highest BCUT2D eigenvalue weighted by atomic mass is 16.5. The molecule has 0 aliphatic carbocycles. The molecule has 90 valence electrons. The van der Waals surface area contributed by atoms with Gasteiger partial charge in [-0.05, 0) is 20.3 Å². The van der Waals surface area contributed by atoms with E-state index in [1.807, 2.05) is 6.92 Å². The van der Waals surface area contributed by atoms with E-state index >= 15 is 0 Å². The lowest BCUT2D eigenvalue weighted by Gasteiger charge is -2.34. The van der Waals surface area contributed by atoms with Crippen LogP contribution < -0.4 is 0 Å². The largest absolute Gasteiger partial charge is 0.376 e. The van der Waals surface area contributed by atoms with Crippen LogP contribution in [0.2, 0.25) is 0 Å². The Bertz CT molecular complexity index is 340. The lowest BCUT2D eigenvalue weighted by Crippen LogP contribution is -2.43. The lowest BCUT2D eigenvalue weighted by atomic mass is 10.2. The second-order valence-corrected chi connectivity index (χ2v) is 4.25. The van der Waals surface area contributed by atoms with Crippen LogP contribution in [-0.2, 0) is 4.74 Å². The molecular weight excluding hydrogens is 206 g/mol. The summed E-state index contributed by atoms with van der Waals surface area (Å²) in [6.45, 7) is 8.75. The number of hydrogen-bond donors (Lipinski definition) is 0. The Labute approximate surface area is 95.8 Å². The quantitative estimate of drug-likeness (QED) is 0.781. The summed E-state index contributed by atoms with van der Waals surface area (Å²) in [5.41, 5.74) is 0. The molecular formula is C11H19N3O2. The third kappa shape index (κ3) is 2.41. The number of hydrogen-bond acceptors (Lipinski definition) is 5. The molecule has 1 aromatic rings. The van der Waals surface area contributed by atoms with Gasteiger partial charge in [-0.2, -0.15) is 4.98 Å². The van der Waals surface area contributed by atoms with Crippen LogP contribution in [0.3, 0.4) is 0 Å². The summed E-state index contributed by atoms with van der Waals surface area (Å²) in [5.74, 6) is 1.40. The molecule has 5 heteroatoms. The Morgan fingerprint density at radius 1 is 1.56 bits per heavy atom. The van der Waals surface area contributed by atoms with E-state index in [4.69, 9.17) is 9.26 Å². The number of aromatic nitrogens is 2. The van der Waals surface area contributed by atoms with Crippen LogP contribution >= 0.6 is 0 Å². The first-order valence-corrected chi connectivity index (χ1v) is 5.86.